The van der Waals surface area contributed by atoms with Gasteiger partial charge in [0.25, 0.3) is 0 Å². The zero-order valence-corrected chi connectivity index (χ0v) is 14.3. The number of hydrogen-bond acceptors (Lipinski definition) is 6. The van der Waals surface area contributed by atoms with Crippen molar-refractivity contribution in [2.24, 2.45) is 5.73 Å². The first-order valence-corrected chi connectivity index (χ1v) is 6.29. The number of halogens is 2. The topological polar surface area (TPSA) is 113 Å². The van der Waals surface area contributed by atoms with Crippen LogP contribution in [0.2, 0.25) is 0 Å². The second-order valence-electron chi connectivity index (χ2n) is 5.29. The molecule has 22 heavy (non-hydrogen) atoms. The van der Waals surface area contributed by atoms with Gasteiger partial charge in [-0.25, -0.2) is 15.0 Å². The summed E-state index contributed by atoms with van der Waals surface area (Å²) >= 11 is 0. The fraction of sp³-hybridized carbons (Fsp3) is 0.500. The van der Waals surface area contributed by atoms with Crippen LogP contribution in [-0.2, 0) is 4.79 Å². The molecule has 4 N–H and O–H groups in total. The number of rotatable bonds is 5. The summed E-state index contributed by atoms with van der Waals surface area (Å²) < 4.78 is 0. The smallest absolute Gasteiger partial charge is 0.240 e. The van der Waals surface area contributed by atoms with Crippen molar-refractivity contribution in [3.05, 3.63) is 12.7 Å². The van der Waals surface area contributed by atoms with Crippen molar-refractivity contribution in [2.45, 2.75) is 19.4 Å². The third-order valence-electron chi connectivity index (χ3n) is 2.93. The number of carbonyl (C=O) groups excluding carboxylic acids is 1. The van der Waals surface area contributed by atoms with Crippen molar-refractivity contribution in [2.75, 3.05) is 25.0 Å². The van der Waals surface area contributed by atoms with E-state index < -0.39 is 5.54 Å². The maximum atomic E-state index is 12.0. The van der Waals surface area contributed by atoms with Gasteiger partial charge in [-0.2, -0.15) is 0 Å². The molecule has 2 rings (SSSR count). The Hall–Kier alpha value is -1.64. The van der Waals surface area contributed by atoms with Gasteiger partial charge in [-0.1, -0.05) is 0 Å². The van der Waals surface area contributed by atoms with Crippen molar-refractivity contribution >= 4 is 47.7 Å². The summed E-state index contributed by atoms with van der Waals surface area (Å²) in [4.78, 5) is 29.0. The molecule has 0 aliphatic heterocycles. The van der Waals surface area contributed by atoms with Crippen LogP contribution in [0.1, 0.15) is 13.8 Å². The molecular formula is C12H21Cl2N7O. The van der Waals surface area contributed by atoms with Gasteiger partial charge in [-0.3, -0.25) is 4.79 Å². The van der Waals surface area contributed by atoms with Gasteiger partial charge in [0.1, 0.15) is 11.8 Å². The van der Waals surface area contributed by atoms with Crippen LogP contribution in [0, 0.1) is 0 Å². The molecule has 10 heteroatoms. The van der Waals surface area contributed by atoms with E-state index in [2.05, 4.69) is 25.3 Å². The van der Waals surface area contributed by atoms with Crippen molar-refractivity contribution in [1.82, 2.24) is 25.3 Å². The largest absolute Gasteiger partial charge is 0.348 e. The lowest BCUT2D eigenvalue weighted by Crippen LogP contribution is -2.51. The van der Waals surface area contributed by atoms with E-state index >= 15 is 0 Å². The molecule has 0 aliphatic carbocycles. The van der Waals surface area contributed by atoms with Crippen LogP contribution in [0.25, 0.3) is 11.2 Å². The molecule has 2 aromatic rings. The molecule has 124 valence electrons. The molecule has 0 bridgehead atoms. The molecule has 0 radical (unpaired) electrons. The van der Waals surface area contributed by atoms with Crippen molar-refractivity contribution in [1.29, 1.82) is 0 Å². The van der Waals surface area contributed by atoms with Gasteiger partial charge in [0.15, 0.2) is 11.5 Å². The number of hydrogen-bond donors (Lipinski definition) is 3. The predicted octanol–water partition coefficient (Wildman–Crippen LogP) is 0.486. The van der Waals surface area contributed by atoms with E-state index in [-0.39, 0.29) is 37.3 Å². The van der Waals surface area contributed by atoms with Gasteiger partial charge in [0.2, 0.25) is 5.91 Å². The lowest BCUT2D eigenvalue weighted by Gasteiger charge is -2.26. The van der Waals surface area contributed by atoms with E-state index in [0.29, 0.717) is 23.5 Å². The third kappa shape index (κ3) is 4.69. The monoisotopic (exact) mass is 349 g/mol. The Balaban J connectivity index is 0.00000220. The summed E-state index contributed by atoms with van der Waals surface area (Å²) in [5.41, 5.74) is 6.45. The number of nitrogens with one attached hydrogen (secondary N) is 2. The molecule has 0 spiro atoms. The minimum atomic E-state index is -0.424. The van der Waals surface area contributed by atoms with Gasteiger partial charge >= 0.3 is 0 Å². The molecule has 0 atom stereocenters. The Bertz CT molecular complexity index is 616. The number of aromatic nitrogens is 4. The van der Waals surface area contributed by atoms with E-state index in [4.69, 9.17) is 5.73 Å². The van der Waals surface area contributed by atoms with E-state index in [1.807, 2.05) is 13.8 Å². The molecule has 0 aromatic carbocycles. The summed E-state index contributed by atoms with van der Waals surface area (Å²) in [6.07, 6.45) is 2.98. The van der Waals surface area contributed by atoms with Crippen LogP contribution < -0.4 is 16.0 Å². The molecule has 8 nitrogen and oxygen atoms in total. The summed E-state index contributed by atoms with van der Waals surface area (Å²) in [6.45, 7) is 4.31. The Morgan fingerprint density at radius 1 is 1.36 bits per heavy atom. The van der Waals surface area contributed by atoms with Gasteiger partial charge in [0.05, 0.1) is 12.9 Å². The number of anilines is 1. The Labute approximate surface area is 141 Å². The molecule has 0 saturated heterocycles. The van der Waals surface area contributed by atoms with Gasteiger partial charge in [0, 0.05) is 19.1 Å². The molecule has 0 aliphatic rings. The highest BCUT2D eigenvalue weighted by Gasteiger charge is 2.20. The fourth-order valence-electron chi connectivity index (χ4n) is 1.80. The number of nitrogens with two attached hydrogens (primary N) is 1. The molecule has 0 fully saturated rings. The molecule has 2 aromatic heterocycles. The maximum Gasteiger partial charge on any atom is 0.240 e. The second-order valence-corrected chi connectivity index (χ2v) is 5.29. The number of aromatic amines is 1. The molecule has 2 heterocycles. The van der Waals surface area contributed by atoms with Crippen LogP contribution in [-0.4, -0.2) is 51.5 Å². The SMILES string of the molecule is CN(CC(=O)NC(C)(C)CN)c1ncnc2nc[nH]c12.Cl.Cl. The fourth-order valence-corrected chi connectivity index (χ4v) is 1.80. The van der Waals surface area contributed by atoms with Crippen LogP contribution in [0.15, 0.2) is 12.7 Å². The van der Waals surface area contributed by atoms with Crippen LogP contribution >= 0.6 is 24.8 Å². The predicted molar refractivity (Wildman–Crippen MR) is 90.7 cm³/mol. The van der Waals surface area contributed by atoms with E-state index in [0.717, 1.165) is 0 Å². The maximum absolute atomic E-state index is 12.0. The van der Waals surface area contributed by atoms with Gasteiger partial charge < -0.3 is 20.9 Å². The summed E-state index contributed by atoms with van der Waals surface area (Å²) in [5, 5.41) is 2.87. The number of H-pyrrole nitrogens is 1. The highest BCUT2D eigenvalue weighted by atomic mass is 35.5. The first-order valence-electron chi connectivity index (χ1n) is 6.29. The second kappa shape index (κ2) is 8.11. The minimum absolute atomic E-state index is 0. The quantitative estimate of drug-likeness (QED) is 0.723. The summed E-state index contributed by atoms with van der Waals surface area (Å²) in [7, 11) is 1.79. The first kappa shape index (κ1) is 20.4. The Morgan fingerprint density at radius 3 is 2.68 bits per heavy atom. The molecule has 0 saturated carbocycles. The highest BCUT2D eigenvalue weighted by molar-refractivity contribution is 5.87. The molecule has 1 amide bonds. The number of fused-ring (bicyclic) bond motifs is 1. The number of carbonyl (C=O) groups is 1. The zero-order valence-electron chi connectivity index (χ0n) is 12.7. The standard InChI is InChI=1S/C12H19N7O.2ClH/c1-12(2,5-13)18-8(20)4-19(3)11-9-10(15-6-14-9)16-7-17-11;;/h6-7H,4-5,13H2,1-3H3,(H,18,20)(H,14,15,16,17);2*1H. The number of likely N-dealkylation sites (N-methyl/N-ethyl adjacent to an activating group) is 1. The Morgan fingerprint density at radius 2 is 2.05 bits per heavy atom. The van der Waals surface area contributed by atoms with E-state index in [9.17, 15) is 4.79 Å². The molecule has 0 unspecified atom stereocenters. The number of nitrogens with zero attached hydrogens (tertiary/aromatic N) is 4. The zero-order chi connectivity index (χ0) is 14.8. The van der Waals surface area contributed by atoms with Gasteiger partial charge in [-0.15, -0.1) is 24.8 Å². The number of imidazole rings is 1. The minimum Gasteiger partial charge on any atom is -0.348 e. The highest BCUT2D eigenvalue weighted by Crippen LogP contribution is 2.17. The van der Waals surface area contributed by atoms with E-state index in [1.165, 1.54) is 6.33 Å². The average Bonchev–Trinajstić information content (AvgIpc) is 2.85. The van der Waals surface area contributed by atoms with Gasteiger partial charge in [-0.05, 0) is 13.8 Å². The molecular weight excluding hydrogens is 329 g/mol. The Kier molecular flexibility index (Phi) is 7.51. The number of amides is 1. The van der Waals surface area contributed by atoms with Crippen molar-refractivity contribution in [3.8, 4) is 0 Å². The summed E-state index contributed by atoms with van der Waals surface area (Å²) in [5.74, 6) is 0.516. The third-order valence-corrected chi connectivity index (χ3v) is 2.93. The van der Waals surface area contributed by atoms with Crippen LogP contribution in [0.5, 0.6) is 0 Å². The van der Waals surface area contributed by atoms with Crippen LogP contribution in [0.4, 0.5) is 5.82 Å². The lowest BCUT2D eigenvalue weighted by atomic mass is 10.1. The summed E-state index contributed by atoms with van der Waals surface area (Å²) in [6, 6.07) is 0. The average molecular weight is 350 g/mol. The van der Waals surface area contributed by atoms with Crippen LogP contribution in [0.3, 0.4) is 0 Å². The van der Waals surface area contributed by atoms with Crippen molar-refractivity contribution < 1.29 is 4.79 Å². The van der Waals surface area contributed by atoms with E-state index in [1.54, 1.807) is 18.3 Å². The first-order chi connectivity index (χ1) is 9.43. The van der Waals surface area contributed by atoms with Crippen molar-refractivity contribution in [3.63, 3.8) is 0 Å². The normalized spacial score (nSPS) is 10.5. The lowest BCUT2D eigenvalue weighted by molar-refractivity contribution is -0.121.